The number of pyridine rings is 1. The second kappa shape index (κ2) is 13.4. The Kier molecular flexibility index (Phi) is 10.0. The summed E-state index contributed by atoms with van der Waals surface area (Å²) in [6.07, 6.45) is 3.10. The van der Waals surface area contributed by atoms with Crippen LogP contribution in [0.1, 0.15) is 34.8 Å². The summed E-state index contributed by atoms with van der Waals surface area (Å²) in [6, 6.07) is 8.05. The molecule has 0 amide bonds. The smallest absolute Gasteiger partial charge is 0.361 e. The lowest BCUT2D eigenvalue weighted by atomic mass is 10.3. The number of nitrogens with zero attached hydrogens (tertiary/aromatic N) is 8. The fraction of sp³-hybridized carbons (Fsp3) is 0.190. The van der Waals surface area contributed by atoms with Gasteiger partial charge in [0.15, 0.2) is 27.5 Å². The van der Waals surface area contributed by atoms with Crippen molar-refractivity contribution in [1.29, 1.82) is 0 Å². The lowest BCUT2D eigenvalue weighted by molar-refractivity contribution is 0.0509. The first-order valence-corrected chi connectivity index (χ1v) is 11.6. The van der Waals surface area contributed by atoms with Crippen LogP contribution in [0.4, 0.5) is 11.5 Å². The third-order valence-corrected chi connectivity index (χ3v) is 4.70. The Bertz CT molecular complexity index is 1370. The molecule has 0 aliphatic rings. The molecule has 0 atom stereocenters. The van der Waals surface area contributed by atoms with Crippen molar-refractivity contribution in [2.75, 3.05) is 18.5 Å². The molecule has 0 radical (unpaired) electrons. The molecule has 4 heterocycles. The van der Waals surface area contributed by atoms with Gasteiger partial charge in [-0.3, -0.25) is 0 Å². The van der Waals surface area contributed by atoms with Crippen LogP contribution < -0.4 is 5.32 Å². The summed E-state index contributed by atoms with van der Waals surface area (Å²) < 4.78 is 9.64. The van der Waals surface area contributed by atoms with Crippen LogP contribution in [0.25, 0.3) is 5.82 Å². The molecule has 0 bridgehead atoms. The average molecular weight is 567 g/mol. The van der Waals surface area contributed by atoms with E-state index in [9.17, 15) is 9.59 Å². The molecule has 0 saturated carbocycles. The topological polar surface area (TPSA) is 160 Å². The number of carbonyl (C=O) groups excluding carboxylic acids is 2. The van der Waals surface area contributed by atoms with E-state index in [-0.39, 0.29) is 39.9 Å². The Morgan fingerprint density at radius 2 is 1.46 bits per heavy atom. The summed E-state index contributed by atoms with van der Waals surface area (Å²) >= 11 is 17.0. The summed E-state index contributed by atoms with van der Waals surface area (Å²) in [4.78, 5) is 28.8. The van der Waals surface area contributed by atoms with Crippen LogP contribution in [-0.2, 0) is 9.47 Å². The van der Waals surface area contributed by atoms with Crippen molar-refractivity contribution in [3.8, 4) is 5.82 Å². The van der Waals surface area contributed by atoms with Gasteiger partial charge in [0.05, 0.1) is 36.3 Å². The molecule has 0 fully saturated rings. The number of hydrogen-bond acceptors (Lipinski definition) is 12. The van der Waals surface area contributed by atoms with Crippen molar-refractivity contribution in [3.63, 3.8) is 0 Å². The van der Waals surface area contributed by atoms with Crippen LogP contribution in [0.3, 0.4) is 0 Å². The molecule has 16 heteroatoms. The number of ether oxygens (including phenoxy) is 2. The van der Waals surface area contributed by atoms with E-state index in [1.807, 2.05) is 0 Å². The van der Waals surface area contributed by atoms with E-state index in [1.54, 1.807) is 44.4 Å². The van der Waals surface area contributed by atoms with Gasteiger partial charge in [-0.1, -0.05) is 40.9 Å². The van der Waals surface area contributed by atoms with E-state index in [0.717, 1.165) is 0 Å². The van der Waals surface area contributed by atoms with E-state index < -0.39 is 11.9 Å². The zero-order valence-electron chi connectivity index (χ0n) is 19.3. The van der Waals surface area contributed by atoms with Gasteiger partial charge in [-0.25, -0.2) is 14.6 Å². The van der Waals surface area contributed by atoms with Crippen molar-refractivity contribution >= 4 is 58.2 Å². The predicted molar refractivity (Wildman–Crippen MR) is 133 cm³/mol. The van der Waals surface area contributed by atoms with Crippen LogP contribution in [0, 0.1) is 0 Å². The maximum absolute atomic E-state index is 12.0. The third-order valence-electron chi connectivity index (χ3n) is 4.04. The molecule has 1 N–H and O–H groups in total. The SMILES string of the molecule is CCOC(=O)c1nnc(Cl)cc1Cl.CCOC(=O)c1nnc(Cl)cc1Nc1cccc(-n2nccn2)n1. The van der Waals surface area contributed by atoms with Crippen LogP contribution >= 0.6 is 34.8 Å². The van der Waals surface area contributed by atoms with Gasteiger partial charge >= 0.3 is 11.9 Å². The molecule has 13 nitrogen and oxygen atoms in total. The van der Waals surface area contributed by atoms with Crippen LogP contribution in [0.5, 0.6) is 0 Å². The van der Waals surface area contributed by atoms with Gasteiger partial charge in [0.25, 0.3) is 0 Å². The summed E-state index contributed by atoms with van der Waals surface area (Å²) in [5, 5.41) is 25.9. The normalized spacial score (nSPS) is 10.2. The molecule has 4 aromatic rings. The maximum Gasteiger partial charge on any atom is 0.361 e. The lowest BCUT2D eigenvalue weighted by Crippen LogP contribution is -2.12. The van der Waals surface area contributed by atoms with Crippen molar-refractivity contribution in [2.45, 2.75) is 13.8 Å². The Labute approximate surface area is 225 Å². The molecule has 0 aliphatic heterocycles. The Hall–Kier alpha value is -3.94. The molecular formula is C21H18Cl3N9O4. The highest BCUT2D eigenvalue weighted by Gasteiger charge is 2.17. The van der Waals surface area contributed by atoms with Gasteiger partial charge in [-0.2, -0.15) is 10.2 Å². The van der Waals surface area contributed by atoms with Crippen LogP contribution in [0.2, 0.25) is 15.3 Å². The molecule has 0 unspecified atom stereocenters. The third kappa shape index (κ3) is 7.77. The van der Waals surface area contributed by atoms with Crippen LogP contribution in [-0.4, -0.2) is 65.5 Å². The number of carbonyl (C=O) groups is 2. The van der Waals surface area contributed by atoms with E-state index in [0.29, 0.717) is 17.3 Å². The van der Waals surface area contributed by atoms with Gasteiger partial charge in [0.1, 0.15) is 5.82 Å². The van der Waals surface area contributed by atoms with Crippen molar-refractivity contribution in [1.82, 2.24) is 40.4 Å². The summed E-state index contributed by atoms with van der Waals surface area (Å²) in [6.45, 7) is 3.88. The molecule has 37 heavy (non-hydrogen) atoms. The van der Waals surface area contributed by atoms with Gasteiger partial charge in [0.2, 0.25) is 0 Å². The number of aromatic nitrogens is 8. The minimum Gasteiger partial charge on any atom is -0.461 e. The number of anilines is 2. The summed E-state index contributed by atoms with van der Waals surface area (Å²) in [7, 11) is 0. The fourth-order valence-electron chi connectivity index (χ4n) is 2.57. The monoisotopic (exact) mass is 565 g/mol. The van der Waals surface area contributed by atoms with Gasteiger partial charge in [-0.05, 0) is 32.0 Å². The first-order valence-electron chi connectivity index (χ1n) is 10.5. The quantitative estimate of drug-likeness (QED) is 0.321. The highest BCUT2D eigenvalue weighted by Crippen LogP contribution is 2.22. The molecule has 4 aromatic heterocycles. The molecule has 0 aliphatic carbocycles. The number of nitrogens with one attached hydrogen (secondary N) is 1. The van der Waals surface area contributed by atoms with Crippen molar-refractivity contribution in [3.05, 3.63) is 69.4 Å². The number of halogens is 3. The van der Waals surface area contributed by atoms with Gasteiger partial charge in [-0.15, -0.1) is 25.2 Å². The van der Waals surface area contributed by atoms with Crippen molar-refractivity contribution in [2.24, 2.45) is 0 Å². The molecule has 192 valence electrons. The number of esters is 2. The van der Waals surface area contributed by atoms with Gasteiger partial charge < -0.3 is 14.8 Å². The number of hydrogen-bond donors (Lipinski definition) is 1. The maximum atomic E-state index is 12.0. The second-order valence-electron chi connectivity index (χ2n) is 6.56. The second-order valence-corrected chi connectivity index (χ2v) is 7.74. The lowest BCUT2D eigenvalue weighted by Gasteiger charge is -2.10. The highest BCUT2D eigenvalue weighted by molar-refractivity contribution is 6.35. The van der Waals surface area contributed by atoms with Crippen LogP contribution in [0.15, 0.2) is 42.7 Å². The Morgan fingerprint density at radius 1 is 0.865 bits per heavy atom. The molecule has 0 spiro atoms. The highest BCUT2D eigenvalue weighted by atomic mass is 35.5. The fourth-order valence-corrected chi connectivity index (χ4v) is 3.14. The largest absolute Gasteiger partial charge is 0.461 e. The first-order chi connectivity index (χ1) is 17.8. The average Bonchev–Trinajstić information content (AvgIpc) is 3.40. The zero-order valence-corrected chi connectivity index (χ0v) is 21.6. The van der Waals surface area contributed by atoms with Crippen molar-refractivity contribution < 1.29 is 19.1 Å². The zero-order chi connectivity index (χ0) is 26.8. The number of rotatable bonds is 7. The molecular weight excluding hydrogens is 549 g/mol. The van der Waals surface area contributed by atoms with E-state index in [1.165, 1.54) is 16.9 Å². The summed E-state index contributed by atoms with van der Waals surface area (Å²) in [5.74, 6) is -0.235. The predicted octanol–water partition coefficient (Wildman–Crippen LogP) is 3.99. The molecule has 4 rings (SSSR count). The minimum absolute atomic E-state index is 0.0191. The Morgan fingerprint density at radius 3 is 2.08 bits per heavy atom. The van der Waals surface area contributed by atoms with E-state index in [4.69, 9.17) is 39.5 Å². The van der Waals surface area contributed by atoms with Gasteiger partial charge in [0, 0.05) is 6.07 Å². The Balaban J connectivity index is 0.000000248. The van der Waals surface area contributed by atoms with E-state index in [2.05, 4.69) is 45.6 Å². The standard InChI is InChI=1S/C14H12ClN7O2.C7H6Cl2N2O2/c1-2-24-14(23)13-9(8-10(15)20-21-13)18-11-4-3-5-12(19-11)22-16-6-7-17-22;1-2-13-7(12)6-4(8)3-5(9)10-11-6/h3-8H,2H2,1H3,(H,18,19,20);3H,2H2,1H3. The molecule has 0 saturated heterocycles. The minimum atomic E-state index is -0.603. The first kappa shape index (κ1) is 27.6. The van der Waals surface area contributed by atoms with E-state index >= 15 is 0 Å². The molecule has 0 aromatic carbocycles. The summed E-state index contributed by atoms with van der Waals surface area (Å²) in [5.41, 5.74) is 0.338.